The highest BCUT2D eigenvalue weighted by Crippen LogP contribution is 2.44. The van der Waals surface area contributed by atoms with Crippen LogP contribution < -0.4 is 5.32 Å². The Hall–Kier alpha value is -2.63. The number of amides is 1. The minimum absolute atomic E-state index is 0.0129. The van der Waals surface area contributed by atoms with Crippen LogP contribution in [0.5, 0.6) is 0 Å². The first kappa shape index (κ1) is 18.4. The summed E-state index contributed by atoms with van der Waals surface area (Å²) in [6.45, 7) is 2.88. The zero-order valence-corrected chi connectivity index (χ0v) is 17.5. The molecule has 3 aromatic heterocycles. The van der Waals surface area contributed by atoms with E-state index in [4.69, 9.17) is 11.6 Å². The SMILES string of the molecule is CC(c1ccccc1Cl)C1CCNC(=O)c2sc(-c3cnc4ccccn34)cc21. The molecule has 1 N–H and O–H groups in total. The predicted octanol–water partition coefficient (Wildman–Crippen LogP) is 5.74. The summed E-state index contributed by atoms with van der Waals surface area (Å²) in [5, 5.41) is 3.84. The molecule has 0 radical (unpaired) electrons. The van der Waals surface area contributed by atoms with Gasteiger partial charge in [-0.15, -0.1) is 11.3 Å². The lowest BCUT2D eigenvalue weighted by molar-refractivity contribution is 0.0960. The number of fused-ring (bicyclic) bond motifs is 2. The second kappa shape index (κ2) is 7.32. The van der Waals surface area contributed by atoms with Crippen molar-refractivity contribution in [2.75, 3.05) is 6.54 Å². The Bertz CT molecular complexity index is 1210. The van der Waals surface area contributed by atoms with Gasteiger partial charge < -0.3 is 5.32 Å². The molecule has 146 valence electrons. The second-order valence-corrected chi connectivity index (χ2v) is 8.89. The number of carbonyl (C=O) groups excluding carboxylic acids is 1. The smallest absolute Gasteiger partial charge is 0.261 e. The summed E-state index contributed by atoms with van der Waals surface area (Å²) in [5.41, 5.74) is 4.15. The maximum Gasteiger partial charge on any atom is 0.261 e. The van der Waals surface area contributed by atoms with E-state index in [0.717, 1.165) is 43.7 Å². The molecule has 1 amide bonds. The van der Waals surface area contributed by atoms with Crippen LogP contribution in [0.2, 0.25) is 5.02 Å². The zero-order valence-electron chi connectivity index (χ0n) is 15.9. The standard InChI is InChI=1S/C23H20ClN3OS/c1-14(16-6-2-3-7-18(16)24)15-9-10-25-23(28)22-17(15)12-20(29-22)19-13-26-21-8-4-5-11-27(19)21/h2-8,11-15H,9-10H2,1H3,(H,25,28). The number of nitrogens with zero attached hydrogens (tertiary/aromatic N) is 2. The Morgan fingerprint density at radius 1 is 1.24 bits per heavy atom. The first-order valence-corrected chi connectivity index (χ1v) is 10.9. The number of hydrogen-bond acceptors (Lipinski definition) is 3. The van der Waals surface area contributed by atoms with Gasteiger partial charge in [-0.25, -0.2) is 4.98 Å². The summed E-state index contributed by atoms with van der Waals surface area (Å²) in [6, 6.07) is 16.1. The van der Waals surface area contributed by atoms with E-state index in [2.05, 4.69) is 33.8 Å². The molecule has 1 aromatic carbocycles. The summed E-state index contributed by atoms with van der Waals surface area (Å²) < 4.78 is 2.07. The Morgan fingerprint density at radius 3 is 2.93 bits per heavy atom. The first-order valence-electron chi connectivity index (χ1n) is 9.72. The number of imidazole rings is 1. The average Bonchev–Trinajstić information content (AvgIpc) is 3.32. The number of nitrogens with one attached hydrogen (secondary N) is 1. The molecule has 0 spiro atoms. The maximum atomic E-state index is 12.8. The van der Waals surface area contributed by atoms with Gasteiger partial charge in [-0.3, -0.25) is 9.20 Å². The lowest BCUT2D eigenvalue weighted by atomic mass is 9.81. The van der Waals surface area contributed by atoms with Gasteiger partial charge in [-0.1, -0.05) is 42.8 Å². The summed E-state index contributed by atoms with van der Waals surface area (Å²) in [4.78, 5) is 19.1. The van der Waals surface area contributed by atoms with Gasteiger partial charge in [-0.05, 0) is 53.6 Å². The van der Waals surface area contributed by atoms with Gasteiger partial charge in [0, 0.05) is 17.8 Å². The fourth-order valence-electron chi connectivity index (χ4n) is 4.26. The third kappa shape index (κ3) is 3.15. The van der Waals surface area contributed by atoms with Gasteiger partial charge in [0.2, 0.25) is 0 Å². The average molecular weight is 422 g/mol. The molecule has 6 heteroatoms. The minimum Gasteiger partial charge on any atom is -0.351 e. The maximum absolute atomic E-state index is 12.8. The van der Waals surface area contributed by atoms with Crippen molar-refractivity contribution < 1.29 is 4.79 Å². The highest BCUT2D eigenvalue weighted by molar-refractivity contribution is 7.17. The molecule has 0 bridgehead atoms. The third-order valence-electron chi connectivity index (χ3n) is 5.78. The lowest BCUT2D eigenvalue weighted by Crippen LogP contribution is -2.21. The summed E-state index contributed by atoms with van der Waals surface area (Å²) in [5.74, 6) is 0.437. The van der Waals surface area contributed by atoms with Crippen LogP contribution in [-0.4, -0.2) is 21.8 Å². The van der Waals surface area contributed by atoms with Crippen LogP contribution in [0.3, 0.4) is 0 Å². The zero-order chi connectivity index (χ0) is 20.0. The lowest BCUT2D eigenvalue weighted by Gasteiger charge is -2.24. The van der Waals surface area contributed by atoms with Crippen molar-refractivity contribution in [3.05, 3.63) is 82.0 Å². The number of rotatable bonds is 3. The fraction of sp³-hybridized carbons (Fsp3) is 0.217. The van der Waals surface area contributed by atoms with Crippen molar-refractivity contribution in [2.45, 2.75) is 25.2 Å². The van der Waals surface area contributed by atoms with Crippen molar-refractivity contribution in [1.82, 2.24) is 14.7 Å². The van der Waals surface area contributed by atoms with E-state index in [0.29, 0.717) is 6.54 Å². The first-order chi connectivity index (χ1) is 14.1. The minimum atomic E-state index is 0.0129. The van der Waals surface area contributed by atoms with Crippen molar-refractivity contribution >= 4 is 34.5 Å². The van der Waals surface area contributed by atoms with Crippen LogP contribution in [-0.2, 0) is 0 Å². The van der Waals surface area contributed by atoms with Crippen LogP contribution in [0, 0.1) is 0 Å². The molecule has 5 rings (SSSR count). The number of halogens is 1. The fourth-order valence-corrected chi connectivity index (χ4v) is 5.72. The largest absolute Gasteiger partial charge is 0.351 e. The van der Waals surface area contributed by atoms with Crippen molar-refractivity contribution in [3.63, 3.8) is 0 Å². The summed E-state index contributed by atoms with van der Waals surface area (Å²) in [7, 11) is 0. The van der Waals surface area contributed by atoms with Crippen LogP contribution in [0.4, 0.5) is 0 Å². The molecule has 0 saturated heterocycles. The van der Waals surface area contributed by atoms with Crippen molar-refractivity contribution in [2.24, 2.45) is 0 Å². The van der Waals surface area contributed by atoms with Crippen LogP contribution >= 0.6 is 22.9 Å². The molecule has 4 heterocycles. The van der Waals surface area contributed by atoms with E-state index in [1.54, 1.807) is 11.3 Å². The van der Waals surface area contributed by atoms with Gasteiger partial charge in [0.15, 0.2) is 0 Å². The number of aromatic nitrogens is 2. The molecular formula is C23H20ClN3OS. The van der Waals surface area contributed by atoms with E-state index in [1.807, 2.05) is 48.8 Å². The molecule has 2 atom stereocenters. The molecule has 1 aliphatic rings. The summed E-state index contributed by atoms with van der Waals surface area (Å²) >= 11 is 8.04. The number of carbonyl (C=O) groups is 1. The molecule has 4 nitrogen and oxygen atoms in total. The highest BCUT2D eigenvalue weighted by Gasteiger charge is 2.31. The van der Waals surface area contributed by atoms with Crippen molar-refractivity contribution in [1.29, 1.82) is 0 Å². The van der Waals surface area contributed by atoms with Crippen molar-refractivity contribution in [3.8, 4) is 10.6 Å². The Morgan fingerprint density at radius 2 is 2.07 bits per heavy atom. The van der Waals surface area contributed by atoms with Gasteiger partial charge in [-0.2, -0.15) is 0 Å². The van der Waals surface area contributed by atoms with Crippen LogP contribution in [0.15, 0.2) is 60.9 Å². The van der Waals surface area contributed by atoms with E-state index in [1.165, 1.54) is 0 Å². The molecule has 0 aliphatic carbocycles. The van der Waals surface area contributed by atoms with E-state index in [9.17, 15) is 4.79 Å². The topological polar surface area (TPSA) is 46.4 Å². The number of benzene rings is 1. The summed E-state index contributed by atoms with van der Waals surface area (Å²) in [6.07, 6.45) is 4.77. The normalized spacial score (nSPS) is 17.6. The Balaban J connectivity index is 1.62. The van der Waals surface area contributed by atoms with Crippen LogP contribution in [0.25, 0.3) is 16.2 Å². The Labute approximate surface area is 178 Å². The molecule has 0 fully saturated rings. The Kier molecular flexibility index (Phi) is 4.64. The van der Waals surface area contributed by atoms with E-state index in [-0.39, 0.29) is 17.7 Å². The third-order valence-corrected chi connectivity index (χ3v) is 7.29. The van der Waals surface area contributed by atoms with E-state index >= 15 is 0 Å². The second-order valence-electron chi connectivity index (χ2n) is 7.43. The highest BCUT2D eigenvalue weighted by atomic mass is 35.5. The molecule has 2 unspecified atom stereocenters. The quantitative estimate of drug-likeness (QED) is 0.458. The molecule has 0 saturated carbocycles. The number of hydrogen-bond donors (Lipinski definition) is 1. The van der Waals surface area contributed by atoms with Gasteiger partial charge in [0.1, 0.15) is 5.65 Å². The van der Waals surface area contributed by atoms with E-state index < -0.39 is 0 Å². The molecular weight excluding hydrogens is 402 g/mol. The predicted molar refractivity (Wildman–Crippen MR) is 118 cm³/mol. The van der Waals surface area contributed by atoms with Gasteiger partial charge >= 0.3 is 0 Å². The van der Waals surface area contributed by atoms with Gasteiger partial charge in [0.25, 0.3) is 5.91 Å². The molecule has 1 aliphatic heterocycles. The monoisotopic (exact) mass is 421 g/mol. The number of thiophene rings is 1. The molecule has 29 heavy (non-hydrogen) atoms. The molecule has 4 aromatic rings. The number of pyridine rings is 1. The van der Waals surface area contributed by atoms with Crippen LogP contribution in [0.1, 0.15) is 46.0 Å². The van der Waals surface area contributed by atoms with Gasteiger partial charge in [0.05, 0.1) is 21.6 Å².